The van der Waals surface area contributed by atoms with E-state index in [1.165, 1.54) is 12.8 Å². The molecule has 2 aromatic heterocycles. The van der Waals surface area contributed by atoms with Crippen molar-refractivity contribution in [2.45, 2.75) is 19.4 Å². The lowest BCUT2D eigenvalue weighted by Gasteiger charge is -2.22. The van der Waals surface area contributed by atoms with Crippen LogP contribution in [0.5, 0.6) is 0 Å². The molecule has 1 N–H and O–H groups in total. The minimum atomic E-state index is 0.758. The number of nitrogens with zero attached hydrogens (tertiary/aromatic N) is 2. The van der Waals surface area contributed by atoms with Gasteiger partial charge in [0.05, 0.1) is 18.7 Å². The lowest BCUT2D eigenvalue weighted by molar-refractivity contribution is 0.321. The van der Waals surface area contributed by atoms with Gasteiger partial charge in [-0.3, -0.25) is 4.68 Å². The molecule has 1 aliphatic rings. The highest BCUT2D eigenvalue weighted by atomic mass is 16.3. The van der Waals surface area contributed by atoms with Crippen LogP contribution in [-0.2, 0) is 6.54 Å². The Bertz CT molecular complexity index is 455. The van der Waals surface area contributed by atoms with Crippen molar-refractivity contribution in [3.05, 3.63) is 31.0 Å². The van der Waals surface area contributed by atoms with Crippen molar-refractivity contribution < 1.29 is 4.42 Å². The van der Waals surface area contributed by atoms with E-state index in [4.69, 9.17) is 4.42 Å². The van der Waals surface area contributed by atoms with E-state index in [0.717, 1.165) is 36.7 Å². The third kappa shape index (κ3) is 2.42. The number of rotatable bonds is 3. The van der Waals surface area contributed by atoms with Crippen molar-refractivity contribution in [3.63, 3.8) is 0 Å². The zero-order chi connectivity index (χ0) is 11.5. The summed E-state index contributed by atoms with van der Waals surface area (Å²) in [5, 5.41) is 7.81. The van der Waals surface area contributed by atoms with Gasteiger partial charge in [0.25, 0.3) is 0 Å². The van der Waals surface area contributed by atoms with E-state index in [1.54, 1.807) is 12.5 Å². The van der Waals surface area contributed by atoms with Gasteiger partial charge in [-0.1, -0.05) is 0 Å². The van der Waals surface area contributed by atoms with Crippen LogP contribution in [0.4, 0.5) is 0 Å². The first-order chi connectivity index (χ1) is 8.42. The topological polar surface area (TPSA) is 43.0 Å². The molecule has 1 saturated heterocycles. The SMILES string of the molecule is c1cc(-c2cnn(CC3CCNCC3)c2)co1. The standard InChI is InChI=1S/C13H17N3O/c1-4-14-5-2-11(1)8-16-9-13(7-15-16)12-3-6-17-10-12/h3,6-7,9-11,14H,1-2,4-5,8H2. The van der Waals surface area contributed by atoms with Gasteiger partial charge in [-0.25, -0.2) is 0 Å². The summed E-state index contributed by atoms with van der Waals surface area (Å²) >= 11 is 0. The molecule has 3 rings (SSSR count). The van der Waals surface area contributed by atoms with Crippen molar-refractivity contribution >= 4 is 0 Å². The summed E-state index contributed by atoms with van der Waals surface area (Å²) in [4.78, 5) is 0. The maximum absolute atomic E-state index is 5.08. The molecular formula is C13H17N3O. The molecule has 0 aliphatic carbocycles. The Hall–Kier alpha value is -1.55. The molecule has 90 valence electrons. The van der Waals surface area contributed by atoms with Gasteiger partial charge in [0.15, 0.2) is 0 Å². The van der Waals surface area contributed by atoms with Crippen LogP contribution in [-0.4, -0.2) is 22.9 Å². The first-order valence-electron chi connectivity index (χ1n) is 6.17. The smallest absolute Gasteiger partial charge is 0.0982 e. The van der Waals surface area contributed by atoms with Gasteiger partial charge in [-0.05, 0) is 37.9 Å². The molecule has 0 amide bonds. The quantitative estimate of drug-likeness (QED) is 0.880. The minimum Gasteiger partial charge on any atom is -0.472 e. The molecule has 0 radical (unpaired) electrons. The number of piperidine rings is 1. The van der Waals surface area contributed by atoms with E-state index in [-0.39, 0.29) is 0 Å². The van der Waals surface area contributed by atoms with Crippen LogP contribution in [0.15, 0.2) is 35.4 Å². The Morgan fingerprint density at radius 3 is 3.00 bits per heavy atom. The van der Waals surface area contributed by atoms with E-state index >= 15 is 0 Å². The van der Waals surface area contributed by atoms with Crippen LogP contribution in [0.2, 0.25) is 0 Å². The normalized spacial score (nSPS) is 17.4. The maximum atomic E-state index is 5.08. The Kier molecular flexibility index (Phi) is 2.96. The predicted molar refractivity (Wildman–Crippen MR) is 65.5 cm³/mol. The summed E-state index contributed by atoms with van der Waals surface area (Å²) in [6.07, 6.45) is 9.96. The van der Waals surface area contributed by atoms with E-state index in [2.05, 4.69) is 21.3 Å². The minimum absolute atomic E-state index is 0.758. The second kappa shape index (κ2) is 4.75. The molecule has 0 bridgehead atoms. The molecule has 1 fully saturated rings. The van der Waals surface area contributed by atoms with Crippen molar-refractivity contribution in [2.24, 2.45) is 5.92 Å². The fraction of sp³-hybridized carbons (Fsp3) is 0.462. The summed E-state index contributed by atoms with van der Waals surface area (Å²) in [6.45, 7) is 3.31. The number of hydrogen-bond donors (Lipinski definition) is 1. The average Bonchev–Trinajstić information content (AvgIpc) is 3.00. The van der Waals surface area contributed by atoms with Crippen molar-refractivity contribution in [2.75, 3.05) is 13.1 Å². The largest absolute Gasteiger partial charge is 0.472 e. The average molecular weight is 231 g/mol. The van der Waals surface area contributed by atoms with Crippen molar-refractivity contribution in [1.29, 1.82) is 0 Å². The molecule has 0 unspecified atom stereocenters. The molecular weight excluding hydrogens is 214 g/mol. The number of furan rings is 1. The molecule has 2 aromatic rings. The molecule has 3 heterocycles. The Morgan fingerprint density at radius 1 is 1.35 bits per heavy atom. The Morgan fingerprint density at radius 2 is 2.24 bits per heavy atom. The third-order valence-corrected chi connectivity index (χ3v) is 3.39. The van der Waals surface area contributed by atoms with Gasteiger partial charge < -0.3 is 9.73 Å². The number of nitrogens with one attached hydrogen (secondary N) is 1. The summed E-state index contributed by atoms with van der Waals surface area (Å²) in [7, 11) is 0. The molecule has 0 saturated carbocycles. The lowest BCUT2D eigenvalue weighted by Crippen LogP contribution is -2.29. The van der Waals surface area contributed by atoms with Crippen LogP contribution in [0.25, 0.3) is 11.1 Å². The summed E-state index contributed by atoms with van der Waals surface area (Å²) in [5.41, 5.74) is 2.23. The molecule has 17 heavy (non-hydrogen) atoms. The van der Waals surface area contributed by atoms with Gasteiger partial charge >= 0.3 is 0 Å². The second-order valence-electron chi connectivity index (χ2n) is 4.66. The highest BCUT2D eigenvalue weighted by Crippen LogP contribution is 2.20. The molecule has 4 nitrogen and oxygen atoms in total. The van der Waals surface area contributed by atoms with Crippen molar-refractivity contribution in [1.82, 2.24) is 15.1 Å². The number of aromatic nitrogens is 2. The molecule has 1 aliphatic heterocycles. The molecule has 0 spiro atoms. The zero-order valence-electron chi connectivity index (χ0n) is 9.80. The van der Waals surface area contributed by atoms with Gasteiger partial charge in [-0.15, -0.1) is 0 Å². The fourth-order valence-electron chi connectivity index (χ4n) is 2.37. The van der Waals surface area contributed by atoms with Crippen molar-refractivity contribution in [3.8, 4) is 11.1 Å². The van der Waals surface area contributed by atoms with Crippen LogP contribution in [0.3, 0.4) is 0 Å². The lowest BCUT2D eigenvalue weighted by atomic mass is 9.98. The van der Waals surface area contributed by atoms with Gasteiger partial charge in [-0.2, -0.15) is 5.10 Å². The van der Waals surface area contributed by atoms with E-state index in [9.17, 15) is 0 Å². The van der Waals surface area contributed by atoms with Gasteiger partial charge in [0, 0.05) is 23.9 Å². The monoisotopic (exact) mass is 231 g/mol. The summed E-state index contributed by atoms with van der Waals surface area (Å²) in [6, 6.07) is 1.96. The maximum Gasteiger partial charge on any atom is 0.0982 e. The van der Waals surface area contributed by atoms with E-state index < -0.39 is 0 Å². The van der Waals surface area contributed by atoms with E-state index in [1.807, 2.05) is 12.3 Å². The summed E-state index contributed by atoms with van der Waals surface area (Å²) in [5.74, 6) is 0.758. The summed E-state index contributed by atoms with van der Waals surface area (Å²) < 4.78 is 7.14. The predicted octanol–water partition coefficient (Wildman–Crippen LogP) is 2.14. The number of hydrogen-bond acceptors (Lipinski definition) is 3. The first kappa shape index (κ1) is 10.6. The third-order valence-electron chi connectivity index (χ3n) is 3.39. The van der Waals surface area contributed by atoms with E-state index in [0.29, 0.717) is 0 Å². The van der Waals surface area contributed by atoms with Crippen LogP contribution < -0.4 is 5.32 Å². The second-order valence-corrected chi connectivity index (χ2v) is 4.66. The Labute approximate surface area is 101 Å². The Balaban J connectivity index is 1.68. The molecule has 0 atom stereocenters. The first-order valence-corrected chi connectivity index (χ1v) is 6.17. The van der Waals surface area contributed by atoms with Gasteiger partial charge in [0.2, 0.25) is 0 Å². The highest BCUT2D eigenvalue weighted by molar-refractivity contribution is 5.59. The molecule has 4 heteroatoms. The highest BCUT2D eigenvalue weighted by Gasteiger charge is 2.14. The van der Waals surface area contributed by atoms with Crippen LogP contribution >= 0.6 is 0 Å². The molecule has 0 aromatic carbocycles. The fourth-order valence-corrected chi connectivity index (χ4v) is 2.37. The van der Waals surface area contributed by atoms with Crippen LogP contribution in [0, 0.1) is 5.92 Å². The zero-order valence-corrected chi connectivity index (χ0v) is 9.80. The van der Waals surface area contributed by atoms with Gasteiger partial charge in [0.1, 0.15) is 0 Å². The van der Waals surface area contributed by atoms with Crippen LogP contribution in [0.1, 0.15) is 12.8 Å².